The normalized spacial score (nSPS) is 15.7. The van der Waals surface area contributed by atoms with Crippen molar-refractivity contribution in [1.82, 2.24) is 4.57 Å². The molecule has 1 aromatic heterocycles. The fraction of sp³-hybridized carbons (Fsp3) is 0.175. The Morgan fingerprint density at radius 1 is 0.366 bits per heavy atom. The van der Waals surface area contributed by atoms with Crippen molar-refractivity contribution < 1.29 is 0 Å². The lowest BCUT2D eigenvalue weighted by molar-refractivity contribution is 0.229. The van der Waals surface area contributed by atoms with Crippen LogP contribution in [0, 0.1) is 10.8 Å². The van der Waals surface area contributed by atoms with Crippen LogP contribution >= 0.6 is 0 Å². The molecular weight excluding hydrogens is 989 g/mol. The van der Waals surface area contributed by atoms with Gasteiger partial charge in [0.05, 0.1) is 16.4 Å². The van der Waals surface area contributed by atoms with Crippen LogP contribution in [0.15, 0.2) is 249 Å². The summed E-state index contributed by atoms with van der Waals surface area (Å²) in [5.41, 5.74) is 28.9. The monoisotopic (exact) mass is 1060 g/mol. The second-order valence-electron chi connectivity index (χ2n) is 26.3. The Balaban J connectivity index is 0.887. The highest BCUT2D eigenvalue weighted by Crippen LogP contribution is 2.64. The van der Waals surface area contributed by atoms with E-state index < -0.39 is 5.41 Å². The number of rotatable bonds is 8. The first-order chi connectivity index (χ1) is 39.7. The molecule has 0 fully saturated rings. The van der Waals surface area contributed by atoms with Crippen molar-refractivity contribution in [3.8, 4) is 61.3 Å². The maximum absolute atomic E-state index is 2.54. The van der Waals surface area contributed by atoms with E-state index in [0.717, 1.165) is 29.2 Å². The van der Waals surface area contributed by atoms with Crippen LogP contribution in [0.25, 0.3) is 83.1 Å². The fourth-order valence-corrected chi connectivity index (χ4v) is 15.0. The number of nitrogens with zero attached hydrogens (tertiary/aromatic N) is 2. The SMILES string of the molecule is CC(C)(C)CC(c1ccc(-c2ccc3c(c2)C2(c4ccccc4-3)c3ccccc3-c3ccc(-n4c5ccccc5c5cc(N(c6ccc(-c7ccccc7)cc6)c6ccc7c(c6)C(C)(C)c6ccccc6-7)ccc54)cc32)cc1)C(C)(C)C. The van der Waals surface area contributed by atoms with Gasteiger partial charge in [-0.1, -0.05) is 237 Å². The highest BCUT2D eigenvalue weighted by atomic mass is 15.1. The summed E-state index contributed by atoms with van der Waals surface area (Å²) in [6, 6.07) is 94.6. The third kappa shape index (κ3) is 7.60. The van der Waals surface area contributed by atoms with Gasteiger partial charge in [0.2, 0.25) is 0 Å². The quantitative estimate of drug-likeness (QED) is 0.147. The van der Waals surface area contributed by atoms with E-state index in [1.807, 2.05) is 0 Å². The summed E-state index contributed by atoms with van der Waals surface area (Å²) < 4.78 is 2.52. The predicted molar refractivity (Wildman–Crippen MR) is 346 cm³/mol. The third-order valence-electron chi connectivity index (χ3n) is 18.8. The molecule has 15 rings (SSSR count). The Bertz CT molecular complexity index is 4510. The smallest absolute Gasteiger partial charge is 0.0726 e. The van der Waals surface area contributed by atoms with Gasteiger partial charge in [0.25, 0.3) is 0 Å². The molecule has 0 aliphatic heterocycles. The first kappa shape index (κ1) is 50.0. The van der Waals surface area contributed by atoms with Crippen LogP contribution in [0.2, 0.25) is 0 Å². The maximum Gasteiger partial charge on any atom is 0.0726 e. The number of fused-ring (bicyclic) bond motifs is 16. The molecule has 2 atom stereocenters. The molecule has 2 nitrogen and oxygen atoms in total. The number of aromatic nitrogens is 1. The summed E-state index contributed by atoms with van der Waals surface area (Å²) in [5, 5.41) is 2.44. The third-order valence-corrected chi connectivity index (χ3v) is 18.8. The summed E-state index contributed by atoms with van der Waals surface area (Å²) in [5.74, 6) is 0.456. The minimum absolute atomic E-state index is 0.142. The van der Waals surface area contributed by atoms with E-state index in [4.69, 9.17) is 0 Å². The van der Waals surface area contributed by atoms with Crippen LogP contribution in [0.1, 0.15) is 107 Å². The predicted octanol–water partition coefficient (Wildman–Crippen LogP) is 21.8. The lowest BCUT2D eigenvalue weighted by Crippen LogP contribution is -2.26. The van der Waals surface area contributed by atoms with E-state index in [1.54, 1.807) is 0 Å². The molecule has 1 heterocycles. The van der Waals surface area contributed by atoms with Gasteiger partial charge < -0.3 is 9.47 Å². The average Bonchev–Trinajstić information content (AvgIpc) is 1.65. The Kier molecular flexibility index (Phi) is 11.1. The van der Waals surface area contributed by atoms with Gasteiger partial charge in [0, 0.05) is 38.9 Å². The lowest BCUT2D eigenvalue weighted by atomic mass is 9.69. The van der Waals surface area contributed by atoms with Crippen molar-refractivity contribution in [1.29, 1.82) is 0 Å². The first-order valence-corrected chi connectivity index (χ1v) is 29.5. The second kappa shape index (κ2) is 18.3. The molecule has 1 spiro atoms. The zero-order valence-corrected chi connectivity index (χ0v) is 48.4. The van der Waals surface area contributed by atoms with Gasteiger partial charge >= 0.3 is 0 Å². The van der Waals surface area contributed by atoms with E-state index in [2.05, 4.69) is 314 Å². The van der Waals surface area contributed by atoms with Gasteiger partial charge in [-0.05, 0) is 184 Å². The molecule has 2 heteroatoms. The largest absolute Gasteiger partial charge is 0.310 e. The second-order valence-corrected chi connectivity index (χ2v) is 26.3. The minimum atomic E-state index is -0.526. The Labute approximate surface area is 484 Å². The van der Waals surface area contributed by atoms with Crippen LogP contribution in [-0.4, -0.2) is 4.57 Å². The number of hydrogen-bond donors (Lipinski definition) is 0. The number of hydrogen-bond acceptors (Lipinski definition) is 1. The molecule has 3 aliphatic rings. The number of anilines is 3. The summed E-state index contributed by atoms with van der Waals surface area (Å²) in [6.45, 7) is 19.0. The van der Waals surface area contributed by atoms with Crippen molar-refractivity contribution in [2.45, 2.75) is 78.6 Å². The van der Waals surface area contributed by atoms with Gasteiger partial charge in [0.15, 0.2) is 0 Å². The fourth-order valence-electron chi connectivity index (χ4n) is 15.0. The molecule has 12 aromatic rings. The standard InChI is InChI=1S/C80H68N2/c1-77(2,3)50-74(78(4,5)6)54-32-30-53(31-33-54)55-36-42-64-61-23-13-17-27-69(61)80(72(64)46-55)70-28-18-14-24-62(70)65-44-40-59(49-73(65)80)82-75-29-19-15-25-66(75)67-47-57(41-45-76(67)82)81(56-37-34-52(35-38-56)51-20-10-9-11-21-51)58-39-43-63-60-22-12-16-26-68(60)79(7,8)71(63)48-58/h9-49,74H,50H2,1-8H3. The van der Waals surface area contributed by atoms with E-state index in [0.29, 0.717) is 5.92 Å². The highest BCUT2D eigenvalue weighted by Gasteiger charge is 2.52. The van der Waals surface area contributed by atoms with Gasteiger partial charge in [-0.2, -0.15) is 0 Å². The topological polar surface area (TPSA) is 8.17 Å². The summed E-state index contributed by atoms with van der Waals surface area (Å²) in [6.07, 6.45) is 1.14. The molecule has 0 radical (unpaired) electrons. The first-order valence-electron chi connectivity index (χ1n) is 29.5. The van der Waals surface area contributed by atoms with Gasteiger partial charge in [-0.15, -0.1) is 0 Å². The Hall–Kier alpha value is -8.98. The van der Waals surface area contributed by atoms with Gasteiger partial charge in [-0.25, -0.2) is 0 Å². The van der Waals surface area contributed by atoms with Crippen LogP contribution in [0.3, 0.4) is 0 Å². The van der Waals surface area contributed by atoms with Gasteiger partial charge in [-0.3, -0.25) is 0 Å². The van der Waals surface area contributed by atoms with Crippen LogP contribution in [0.5, 0.6) is 0 Å². The molecule has 3 aliphatic carbocycles. The summed E-state index contributed by atoms with van der Waals surface area (Å²) in [4.78, 5) is 2.46. The molecule has 11 aromatic carbocycles. The number of benzene rings is 11. The lowest BCUT2D eigenvalue weighted by Gasteiger charge is -2.36. The maximum atomic E-state index is 2.54. The van der Waals surface area contributed by atoms with Crippen molar-refractivity contribution in [2.75, 3.05) is 4.90 Å². The molecule has 2 unspecified atom stereocenters. The molecule has 398 valence electrons. The van der Waals surface area contributed by atoms with Crippen molar-refractivity contribution in [3.05, 3.63) is 288 Å². The molecular formula is C80H68N2. The number of para-hydroxylation sites is 1. The molecule has 0 saturated heterocycles. The molecule has 0 amide bonds. The van der Waals surface area contributed by atoms with Crippen LogP contribution in [-0.2, 0) is 10.8 Å². The van der Waals surface area contributed by atoms with E-state index in [-0.39, 0.29) is 16.2 Å². The van der Waals surface area contributed by atoms with E-state index in [1.165, 1.54) is 116 Å². The zero-order valence-electron chi connectivity index (χ0n) is 48.4. The zero-order chi connectivity index (χ0) is 55.9. The Morgan fingerprint density at radius 2 is 0.841 bits per heavy atom. The molecule has 0 N–H and O–H groups in total. The van der Waals surface area contributed by atoms with Crippen molar-refractivity contribution >= 4 is 38.9 Å². The van der Waals surface area contributed by atoms with E-state index >= 15 is 0 Å². The van der Waals surface area contributed by atoms with Gasteiger partial charge in [0.1, 0.15) is 0 Å². The summed E-state index contributed by atoms with van der Waals surface area (Å²) >= 11 is 0. The summed E-state index contributed by atoms with van der Waals surface area (Å²) in [7, 11) is 0. The highest BCUT2D eigenvalue weighted by molar-refractivity contribution is 6.11. The van der Waals surface area contributed by atoms with Crippen molar-refractivity contribution in [3.63, 3.8) is 0 Å². The minimum Gasteiger partial charge on any atom is -0.310 e. The molecule has 0 bridgehead atoms. The van der Waals surface area contributed by atoms with Crippen molar-refractivity contribution in [2.24, 2.45) is 10.8 Å². The molecule has 82 heavy (non-hydrogen) atoms. The average molecular weight is 1060 g/mol. The van der Waals surface area contributed by atoms with E-state index in [9.17, 15) is 0 Å². The van der Waals surface area contributed by atoms with Crippen LogP contribution in [0.4, 0.5) is 17.1 Å². The Morgan fingerprint density at radius 3 is 1.52 bits per heavy atom. The molecule has 0 saturated carbocycles. The van der Waals surface area contributed by atoms with Crippen LogP contribution < -0.4 is 4.90 Å².